The van der Waals surface area contributed by atoms with Crippen LogP contribution < -0.4 is 4.90 Å². The third-order valence-electron chi connectivity index (χ3n) is 2.20. The molecule has 0 aliphatic carbocycles. The lowest BCUT2D eigenvalue weighted by Gasteiger charge is -2.28. The Hall–Kier alpha value is -0.290. The molecule has 1 heterocycles. The number of morpholine rings is 1. The Balaban J connectivity index is 2.10. The fourth-order valence-electron chi connectivity index (χ4n) is 1.47. The van der Waals surface area contributed by atoms with Gasteiger partial charge in [0.2, 0.25) is 0 Å². The van der Waals surface area contributed by atoms with Gasteiger partial charge in [0, 0.05) is 22.3 Å². The maximum absolute atomic E-state index is 5.30. The van der Waals surface area contributed by atoms with E-state index in [2.05, 4.69) is 51.8 Å². The number of rotatable bonds is 1. The Labute approximate surface area is 92.0 Å². The highest BCUT2D eigenvalue weighted by atomic mass is 127. The molecule has 0 spiro atoms. The Morgan fingerprint density at radius 2 is 1.69 bits per heavy atom. The van der Waals surface area contributed by atoms with Gasteiger partial charge < -0.3 is 9.64 Å². The quantitative estimate of drug-likeness (QED) is 0.734. The summed E-state index contributed by atoms with van der Waals surface area (Å²) in [5.74, 6) is 0. The molecule has 0 unspecified atom stereocenters. The van der Waals surface area contributed by atoms with Crippen LogP contribution in [0, 0.1) is 3.57 Å². The summed E-state index contributed by atoms with van der Waals surface area (Å²) in [6.07, 6.45) is 0. The minimum absolute atomic E-state index is 0.853. The Kier molecular flexibility index (Phi) is 3.05. The molecule has 1 aromatic rings. The number of nitrogens with zero attached hydrogens (tertiary/aromatic N) is 1. The first kappa shape index (κ1) is 9.27. The zero-order chi connectivity index (χ0) is 9.10. The van der Waals surface area contributed by atoms with Crippen LogP contribution in [0.25, 0.3) is 0 Å². The van der Waals surface area contributed by atoms with Crippen molar-refractivity contribution in [1.29, 1.82) is 0 Å². The van der Waals surface area contributed by atoms with Crippen molar-refractivity contribution in [2.45, 2.75) is 0 Å². The van der Waals surface area contributed by atoms with Gasteiger partial charge in [0.05, 0.1) is 13.2 Å². The lowest BCUT2D eigenvalue weighted by atomic mass is 10.3. The maximum Gasteiger partial charge on any atom is 0.0642 e. The van der Waals surface area contributed by atoms with Gasteiger partial charge in [-0.1, -0.05) is 0 Å². The van der Waals surface area contributed by atoms with E-state index in [0.29, 0.717) is 0 Å². The molecule has 0 atom stereocenters. The predicted octanol–water partition coefficient (Wildman–Crippen LogP) is 2.13. The second-order valence-electron chi connectivity index (χ2n) is 3.08. The predicted molar refractivity (Wildman–Crippen MR) is 62.2 cm³/mol. The highest BCUT2D eigenvalue weighted by Crippen LogP contribution is 2.17. The van der Waals surface area contributed by atoms with Crippen LogP contribution in [-0.2, 0) is 4.74 Å². The van der Waals surface area contributed by atoms with Gasteiger partial charge in [0.1, 0.15) is 0 Å². The van der Waals surface area contributed by atoms with E-state index >= 15 is 0 Å². The number of anilines is 1. The molecule has 1 aliphatic heterocycles. The van der Waals surface area contributed by atoms with E-state index in [4.69, 9.17) is 4.74 Å². The molecule has 2 rings (SSSR count). The van der Waals surface area contributed by atoms with Gasteiger partial charge >= 0.3 is 0 Å². The average molecular weight is 289 g/mol. The van der Waals surface area contributed by atoms with Crippen molar-refractivity contribution in [2.75, 3.05) is 31.2 Å². The second kappa shape index (κ2) is 4.28. The largest absolute Gasteiger partial charge is 0.378 e. The first-order chi connectivity index (χ1) is 6.36. The summed E-state index contributed by atoms with van der Waals surface area (Å²) in [5.41, 5.74) is 1.31. The molecule has 0 bridgehead atoms. The van der Waals surface area contributed by atoms with Gasteiger partial charge in [-0.15, -0.1) is 0 Å². The van der Waals surface area contributed by atoms with E-state index in [0.717, 1.165) is 26.3 Å². The van der Waals surface area contributed by atoms with E-state index in [9.17, 15) is 0 Å². The number of ether oxygens (including phenoxy) is 1. The van der Waals surface area contributed by atoms with Gasteiger partial charge in [0.15, 0.2) is 0 Å². The van der Waals surface area contributed by atoms with Crippen molar-refractivity contribution in [3.8, 4) is 0 Å². The Morgan fingerprint density at radius 1 is 1.08 bits per heavy atom. The zero-order valence-corrected chi connectivity index (χ0v) is 9.53. The molecule has 0 radical (unpaired) electrons. The summed E-state index contributed by atoms with van der Waals surface area (Å²) in [5, 5.41) is 0. The topological polar surface area (TPSA) is 12.5 Å². The van der Waals surface area contributed by atoms with Crippen LogP contribution in [-0.4, -0.2) is 26.3 Å². The van der Waals surface area contributed by atoms with Crippen LogP contribution in [0.2, 0.25) is 0 Å². The number of benzene rings is 1. The highest BCUT2D eigenvalue weighted by molar-refractivity contribution is 14.1. The molecule has 3 heteroatoms. The van der Waals surface area contributed by atoms with Crippen LogP contribution in [0.15, 0.2) is 24.3 Å². The molecule has 70 valence electrons. The van der Waals surface area contributed by atoms with E-state index in [1.807, 2.05) is 0 Å². The van der Waals surface area contributed by atoms with Gasteiger partial charge in [0.25, 0.3) is 0 Å². The number of halogens is 1. The van der Waals surface area contributed by atoms with Gasteiger partial charge in [-0.3, -0.25) is 0 Å². The van der Waals surface area contributed by atoms with Crippen molar-refractivity contribution in [3.05, 3.63) is 27.8 Å². The number of hydrogen-bond donors (Lipinski definition) is 0. The first-order valence-corrected chi connectivity index (χ1v) is 5.52. The van der Waals surface area contributed by atoms with Crippen LogP contribution in [0.4, 0.5) is 5.69 Å². The molecule has 0 aromatic heterocycles. The molecule has 1 aromatic carbocycles. The van der Waals surface area contributed by atoms with Crippen LogP contribution >= 0.6 is 22.6 Å². The van der Waals surface area contributed by atoms with Crippen molar-refractivity contribution >= 4 is 28.3 Å². The number of hydrogen-bond acceptors (Lipinski definition) is 2. The lowest BCUT2D eigenvalue weighted by molar-refractivity contribution is 0.122. The average Bonchev–Trinajstić information content (AvgIpc) is 2.20. The van der Waals surface area contributed by atoms with E-state index < -0.39 is 0 Å². The van der Waals surface area contributed by atoms with E-state index in [-0.39, 0.29) is 0 Å². The molecule has 0 saturated carbocycles. The minimum atomic E-state index is 0.853. The molecule has 13 heavy (non-hydrogen) atoms. The van der Waals surface area contributed by atoms with Crippen LogP contribution in [0.3, 0.4) is 0 Å². The summed E-state index contributed by atoms with van der Waals surface area (Å²) >= 11 is 2.32. The second-order valence-corrected chi connectivity index (χ2v) is 4.32. The standard InChI is InChI=1S/C10H12INO/c11-9-1-3-10(4-2-9)12-5-7-13-8-6-12/h1-4H,5-8H2. The molecule has 0 N–H and O–H groups in total. The van der Waals surface area contributed by atoms with Gasteiger partial charge in [-0.05, 0) is 46.9 Å². The molecule has 2 nitrogen and oxygen atoms in total. The van der Waals surface area contributed by atoms with E-state index in [1.165, 1.54) is 9.26 Å². The highest BCUT2D eigenvalue weighted by Gasteiger charge is 2.09. The fraction of sp³-hybridized carbons (Fsp3) is 0.400. The van der Waals surface area contributed by atoms with Crippen molar-refractivity contribution < 1.29 is 4.74 Å². The minimum Gasteiger partial charge on any atom is -0.378 e. The smallest absolute Gasteiger partial charge is 0.0642 e. The summed E-state index contributed by atoms with van der Waals surface area (Å²) in [6, 6.07) is 8.64. The first-order valence-electron chi connectivity index (χ1n) is 4.44. The summed E-state index contributed by atoms with van der Waals surface area (Å²) in [7, 11) is 0. The van der Waals surface area contributed by atoms with Crippen molar-refractivity contribution in [3.63, 3.8) is 0 Å². The van der Waals surface area contributed by atoms with Crippen molar-refractivity contribution in [2.24, 2.45) is 0 Å². The molecular formula is C10H12INO. The van der Waals surface area contributed by atoms with Crippen LogP contribution in [0.1, 0.15) is 0 Å². The summed E-state index contributed by atoms with van der Waals surface area (Å²) in [6.45, 7) is 3.74. The normalized spacial score (nSPS) is 17.5. The van der Waals surface area contributed by atoms with Gasteiger partial charge in [-0.2, -0.15) is 0 Å². The fourth-order valence-corrected chi connectivity index (χ4v) is 1.83. The molecular weight excluding hydrogens is 277 g/mol. The lowest BCUT2D eigenvalue weighted by Crippen LogP contribution is -2.36. The molecule has 0 amide bonds. The third kappa shape index (κ3) is 2.34. The zero-order valence-electron chi connectivity index (χ0n) is 7.37. The van der Waals surface area contributed by atoms with Gasteiger partial charge in [-0.25, -0.2) is 0 Å². The SMILES string of the molecule is Ic1ccc(N2CCOCC2)cc1. The van der Waals surface area contributed by atoms with Crippen LogP contribution in [0.5, 0.6) is 0 Å². The molecule has 1 fully saturated rings. The van der Waals surface area contributed by atoms with Crippen molar-refractivity contribution in [1.82, 2.24) is 0 Å². The molecule has 1 aliphatic rings. The maximum atomic E-state index is 5.30. The summed E-state index contributed by atoms with van der Waals surface area (Å²) < 4.78 is 6.59. The molecule has 1 saturated heterocycles. The summed E-state index contributed by atoms with van der Waals surface area (Å²) in [4.78, 5) is 2.36. The third-order valence-corrected chi connectivity index (χ3v) is 2.92. The Morgan fingerprint density at radius 3 is 2.31 bits per heavy atom. The van der Waals surface area contributed by atoms with E-state index in [1.54, 1.807) is 0 Å². The monoisotopic (exact) mass is 289 g/mol. The Bertz CT molecular complexity index is 267.